The Hall–Kier alpha value is -1.95. The third-order valence-corrected chi connectivity index (χ3v) is 6.43. The van der Waals surface area contributed by atoms with Gasteiger partial charge in [0.15, 0.2) is 0 Å². The summed E-state index contributed by atoms with van der Waals surface area (Å²) in [6, 6.07) is 7.82. The minimum Gasteiger partial charge on any atom is -0.471 e. The lowest BCUT2D eigenvalue weighted by atomic mass is 9.82. The van der Waals surface area contributed by atoms with Crippen LogP contribution in [0.15, 0.2) is 35.8 Å². The van der Waals surface area contributed by atoms with E-state index in [1.54, 1.807) is 17.5 Å². The Morgan fingerprint density at radius 1 is 1.24 bits per heavy atom. The summed E-state index contributed by atoms with van der Waals surface area (Å²) in [5.41, 5.74) is -0.303. The van der Waals surface area contributed by atoms with Crippen LogP contribution in [-0.4, -0.2) is 40.2 Å². The standard InChI is InChI=1S/C19H23N3O2S/c23-18(19(9-1-2-10-19)16-7-5-13-25-16)22-12-4-6-15(14-22)24-17-8-3-11-20-21-17/h3,5,7-8,11,13,15H,1-2,4,6,9-10,12,14H2. The topological polar surface area (TPSA) is 55.3 Å². The van der Waals surface area contributed by atoms with E-state index in [2.05, 4.69) is 27.7 Å². The lowest BCUT2D eigenvalue weighted by Gasteiger charge is -2.38. The largest absolute Gasteiger partial charge is 0.471 e. The highest BCUT2D eigenvalue weighted by atomic mass is 32.1. The number of ether oxygens (including phenoxy) is 1. The van der Waals surface area contributed by atoms with Crippen molar-refractivity contribution in [3.05, 3.63) is 40.7 Å². The summed E-state index contributed by atoms with van der Waals surface area (Å²) in [7, 11) is 0. The molecule has 1 aliphatic heterocycles. The molecule has 4 rings (SSSR count). The molecule has 1 saturated carbocycles. The van der Waals surface area contributed by atoms with Gasteiger partial charge >= 0.3 is 0 Å². The molecule has 2 aromatic rings. The molecule has 132 valence electrons. The van der Waals surface area contributed by atoms with Gasteiger partial charge in [0.1, 0.15) is 6.10 Å². The third-order valence-electron chi connectivity index (χ3n) is 5.36. The first-order valence-corrected chi connectivity index (χ1v) is 9.94. The fourth-order valence-electron chi connectivity index (χ4n) is 4.14. The van der Waals surface area contributed by atoms with Crippen LogP contribution in [0.3, 0.4) is 0 Å². The molecule has 2 aromatic heterocycles. The summed E-state index contributed by atoms with van der Waals surface area (Å²) in [5.74, 6) is 0.829. The SMILES string of the molecule is O=C(N1CCCC(Oc2cccnn2)C1)C1(c2cccs2)CCCC1. The first-order valence-electron chi connectivity index (χ1n) is 9.06. The zero-order valence-electron chi connectivity index (χ0n) is 14.3. The molecule has 3 heterocycles. The quantitative estimate of drug-likeness (QED) is 0.841. The van der Waals surface area contributed by atoms with Gasteiger partial charge in [-0.1, -0.05) is 18.9 Å². The average Bonchev–Trinajstić information content (AvgIpc) is 3.34. The van der Waals surface area contributed by atoms with Gasteiger partial charge in [0.25, 0.3) is 0 Å². The Labute approximate surface area is 152 Å². The zero-order chi connectivity index (χ0) is 17.1. The normalized spacial score (nSPS) is 22.7. The third kappa shape index (κ3) is 3.27. The van der Waals surface area contributed by atoms with Gasteiger partial charge < -0.3 is 9.64 Å². The first kappa shape index (κ1) is 16.5. The maximum atomic E-state index is 13.5. The van der Waals surface area contributed by atoms with Crippen molar-refractivity contribution >= 4 is 17.2 Å². The molecular weight excluding hydrogens is 334 g/mol. The van der Waals surface area contributed by atoms with Crippen LogP contribution in [0.4, 0.5) is 0 Å². The van der Waals surface area contributed by atoms with Crippen molar-refractivity contribution in [1.29, 1.82) is 0 Å². The van der Waals surface area contributed by atoms with Gasteiger partial charge in [-0.2, -0.15) is 5.10 Å². The Kier molecular flexibility index (Phi) is 4.70. The average molecular weight is 357 g/mol. The number of likely N-dealkylation sites (tertiary alicyclic amines) is 1. The van der Waals surface area contributed by atoms with E-state index in [1.807, 2.05) is 17.0 Å². The van der Waals surface area contributed by atoms with Gasteiger partial charge in [0.2, 0.25) is 11.8 Å². The molecule has 2 fully saturated rings. The molecule has 0 aromatic carbocycles. The van der Waals surface area contributed by atoms with Crippen LogP contribution >= 0.6 is 11.3 Å². The maximum absolute atomic E-state index is 13.5. The highest BCUT2D eigenvalue weighted by molar-refractivity contribution is 7.10. The molecule has 1 aliphatic carbocycles. The van der Waals surface area contributed by atoms with Gasteiger partial charge in [-0.05, 0) is 43.2 Å². The lowest BCUT2D eigenvalue weighted by molar-refractivity contribution is -0.140. The highest BCUT2D eigenvalue weighted by Gasteiger charge is 2.46. The predicted molar refractivity (Wildman–Crippen MR) is 96.7 cm³/mol. The van der Waals surface area contributed by atoms with Crippen molar-refractivity contribution in [2.75, 3.05) is 13.1 Å². The molecule has 25 heavy (non-hydrogen) atoms. The van der Waals surface area contributed by atoms with Crippen LogP contribution in [0.2, 0.25) is 0 Å². The van der Waals surface area contributed by atoms with Gasteiger partial charge in [-0.15, -0.1) is 16.4 Å². The van der Waals surface area contributed by atoms with Crippen LogP contribution in [-0.2, 0) is 10.2 Å². The molecule has 0 bridgehead atoms. The zero-order valence-corrected chi connectivity index (χ0v) is 15.1. The summed E-state index contributed by atoms with van der Waals surface area (Å²) in [6.45, 7) is 1.47. The van der Waals surface area contributed by atoms with Gasteiger partial charge in [-0.25, -0.2) is 0 Å². The van der Waals surface area contributed by atoms with Crippen molar-refractivity contribution in [2.24, 2.45) is 0 Å². The Bertz CT molecular complexity index is 699. The second-order valence-corrected chi connectivity index (χ2v) is 7.91. The van der Waals surface area contributed by atoms with E-state index in [4.69, 9.17) is 4.74 Å². The van der Waals surface area contributed by atoms with Crippen LogP contribution in [0.1, 0.15) is 43.4 Å². The number of hydrogen-bond acceptors (Lipinski definition) is 5. The second-order valence-electron chi connectivity index (χ2n) is 6.96. The monoisotopic (exact) mass is 357 g/mol. The number of rotatable bonds is 4. The van der Waals surface area contributed by atoms with E-state index in [-0.39, 0.29) is 11.5 Å². The van der Waals surface area contributed by atoms with E-state index < -0.39 is 0 Å². The summed E-state index contributed by atoms with van der Waals surface area (Å²) >= 11 is 1.72. The molecule has 1 atom stereocenters. The van der Waals surface area contributed by atoms with Crippen molar-refractivity contribution in [3.63, 3.8) is 0 Å². The summed E-state index contributed by atoms with van der Waals surface area (Å²) in [4.78, 5) is 16.7. The molecule has 0 N–H and O–H groups in total. The van der Waals surface area contributed by atoms with Gasteiger partial charge in [0.05, 0.1) is 12.0 Å². The van der Waals surface area contributed by atoms with E-state index in [1.165, 1.54) is 4.88 Å². The van der Waals surface area contributed by atoms with E-state index in [0.29, 0.717) is 18.3 Å². The van der Waals surface area contributed by atoms with Gasteiger partial charge in [-0.3, -0.25) is 4.79 Å². The number of thiophene rings is 1. The molecule has 1 saturated heterocycles. The van der Waals surface area contributed by atoms with Crippen molar-refractivity contribution in [2.45, 2.75) is 50.0 Å². The van der Waals surface area contributed by atoms with Crippen molar-refractivity contribution in [3.8, 4) is 5.88 Å². The first-order chi connectivity index (χ1) is 12.3. The van der Waals surface area contributed by atoms with E-state index in [0.717, 1.165) is 45.1 Å². The molecule has 6 heteroatoms. The number of hydrogen-bond donors (Lipinski definition) is 0. The number of nitrogens with zero attached hydrogens (tertiary/aromatic N) is 3. The summed E-state index contributed by atoms with van der Waals surface area (Å²) < 4.78 is 5.96. The fraction of sp³-hybridized carbons (Fsp3) is 0.526. The number of piperidine rings is 1. The summed E-state index contributed by atoms with van der Waals surface area (Å²) in [5, 5.41) is 9.94. The Balaban J connectivity index is 1.49. The minimum atomic E-state index is -0.303. The van der Waals surface area contributed by atoms with E-state index in [9.17, 15) is 4.79 Å². The highest BCUT2D eigenvalue weighted by Crippen LogP contribution is 2.44. The van der Waals surface area contributed by atoms with Gasteiger partial charge in [0, 0.05) is 23.7 Å². The van der Waals surface area contributed by atoms with Crippen LogP contribution < -0.4 is 4.74 Å². The van der Waals surface area contributed by atoms with Crippen molar-refractivity contribution in [1.82, 2.24) is 15.1 Å². The molecular formula is C19H23N3O2S. The number of aromatic nitrogens is 2. The van der Waals surface area contributed by atoms with Crippen LogP contribution in [0, 0.1) is 0 Å². The smallest absolute Gasteiger partial charge is 0.234 e. The fourth-order valence-corrected chi connectivity index (χ4v) is 5.12. The maximum Gasteiger partial charge on any atom is 0.234 e. The Morgan fingerprint density at radius 2 is 2.12 bits per heavy atom. The van der Waals surface area contributed by atoms with Crippen molar-refractivity contribution < 1.29 is 9.53 Å². The molecule has 0 spiro atoms. The molecule has 5 nitrogen and oxygen atoms in total. The lowest BCUT2D eigenvalue weighted by Crippen LogP contribution is -2.51. The molecule has 2 aliphatic rings. The van der Waals surface area contributed by atoms with E-state index >= 15 is 0 Å². The molecule has 0 radical (unpaired) electrons. The second kappa shape index (κ2) is 7.12. The Morgan fingerprint density at radius 3 is 2.84 bits per heavy atom. The number of carbonyl (C=O) groups excluding carboxylic acids is 1. The van der Waals surface area contributed by atoms with Crippen LogP contribution in [0.25, 0.3) is 0 Å². The number of amides is 1. The minimum absolute atomic E-state index is 0.00353. The van der Waals surface area contributed by atoms with Crippen LogP contribution in [0.5, 0.6) is 5.88 Å². The molecule has 1 amide bonds. The molecule has 1 unspecified atom stereocenters. The summed E-state index contributed by atoms with van der Waals surface area (Å²) in [6.07, 6.45) is 7.76. The number of carbonyl (C=O) groups is 1. The predicted octanol–water partition coefficient (Wildman–Crippen LogP) is 3.42.